The third kappa shape index (κ3) is 2.30. The van der Waals surface area contributed by atoms with E-state index < -0.39 is 0 Å². The van der Waals surface area contributed by atoms with Gasteiger partial charge in [0.1, 0.15) is 5.65 Å². The van der Waals surface area contributed by atoms with Crippen molar-refractivity contribution in [3.8, 4) is 11.1 Å². The molecule has 0 aliphatic heterocycles. The van der Waals surface area contributed by atoms with E-state index in [4.69, 9.17) is 0 Å². The second kappa shape index (κ2) is 5.35. The van der Waals surface area contributed by atoms with Gasteiger partial charge in [-0.3, -0.25) is 9.36 Å². The van der Waals surface area contributed by atoms with Crippen molar-refractivity contribution in [2.45, 2.75) is 20.8 Å². The maximum Gasteiger partial charge on any atom is 0.259 e. The summed E-state index contributed by atoms with van der Waals surface area (Å²) in [4.78, 5) is 13.1. The first-order valence-electron chi connectivity index (χ1n) is 8.54. The summed E-state index contributed by atoms with van der Waals surface area (Å²) in [6.45, 7) is 6.24. The first-order chi connectivity index (χ1) is 11.9. The molecule has 126 valence electrons. The monoisotopic (exact) mass is 330 g/mol. The van der Waals surface area contributed by atoms with Crippen LogP contribution in [0.1, 0.15) is 16.7 Å². The SMILES string of the molecule is Cc1cc(C)cc(-c2cc3c4cc(C)ccc4n(C)c3n(C)c2=O)c1. The van der Waals surface area contributed by atoms with Crippen molar-refractivity contribution in [3.05, 3.63) is 69.5 Å². The fourth-order valence-corrected chi connectivity index (χ4v) is 3.94. The minimum absolute atomic E-state index is 0.0418. The van der Waals surface area contributed by atoms with Gasteiger partial charge >= 0.3 is 0 Å². The van der Waals surface area contributed by atoms with Crippen molar-refractivity contribution >= 4 is 21.9 Å². The van der Waals surface area contributed by atoms with Crippen LogP contribution in [0.15, 0.2) is 47.3 Å². The van der Waals surface area contributed by atoms with Gasteiger partial charge in [-0.15, -0.1) is 0 Å². The van der Waals surface area contributed by atoms with Gasteiger partial charge in [0, 0.05) is 30.4 Å². The van der Waals surface area contributed by atoms with Crippen LogP contribution in [-0.2, 0) is 14.1 Å². The fourth-order valence-electron chi connectivity index (χ4n) is 3.94. The minimum atomic E-state index is 0.0418. The van der Waals surface area contributed by atoms with E-state index in [1.165, 1.54) is 22.1 Å². The molecular weight excluding hydrogens is 308 g/mol. The largest absolute Gasteiger partial charge is 0.330 e. The third-order valence-electron chi connectivity index (χ3n) is 5.04. The highest BCUT2D eigenvalue weighted by molar-refractivity contribution is 6.08. The zero-order chi connectivity index (χ0) is 17.9. The van der Waals surface area contributed by atoms with Crippen LogP contribution in [0.3, 0.4) is 0 Å². The summed E-state index contributed by atoms with van der Waals surface area (Å²) in [7, 11) is 3.89. The molecule has 0 radical (unpaired) electrons. The number of aryl methyl sites for hydroxylation is 5. The third-order valence-corrected chi connectivity index (χ3v) is 5.04. The lowest BCUT2D eigenvalue weighted by atomic mass is 10.0. The van der Waals surface area contributed by atoms with Crippen LogP contribution in [0.4, 0.5) is 0 Å². The maximum absolute atomic E-state index is 13.1. The minimum Gasteiger partial charge on any atom is -0.330 e. The molecule has 3 nitrogen and oxygen atoms in total. The molecule has 0 unspecified atom stereocenters. The Kier molecular flexibility index (Phi) is 3.36. The molecule has 0 atom stereocenters. The zero-order valence-electron chi connectivity index (χ0n) is 15.3. The second-order valence-electron chi connectivity index (χ2n) is 7.12. The zero-order valence-corrected chi connectivity index (χ0v) is 15.3. The van der Waals surface area contributed by atoms with E-state index in [9.17, 15) is 4.79 Å². The Morgan fingerprint density at radius 2 is 1.40 bits per heavy atom. The molecule has 0 saturated carbocycles. The van der Waals surface area contributed by atoms with Crippen LogP contribution in [0.5, 0.6) is 0 Å². The highest BCUT2D eigenvalue weighted by atomic mass is 16.1. The Morgan fingerprint density at radius 1 is 0.720 bits per heavy atom. The smallest absolute Gasteiger partial charge is 0.259 e. The molecule has 4 rings (SSSR count). The van der Waals surface area contributed by atoms with Gasteiger partial charge in [0.15, 0.2) is 0 Å². The molecule has 0 N–H and O–H groups in total. The number of hydrogen-bond acceptors (Lipinski definition) is 1. The number of aromatic nitrogens is 2. The van der Waals surface area contributed by atoms with Gasteiger partial charge in [0.25, 0.3) is 5.56 Å². The summed E-state index contributed by atoms with van der Waals surface area (Å²) < 4.78 is 3.88. The van der Waals surface area contributed by atoms with E-state index in [1.54, 1.807) is 4.57 Å². The lowest BCUT2D eigenvalue weighted by Gasteiger charge is -2.09. The van der Waals surface area contributed by atoms with E-state index in [0.717, 1.165) is 27.7 Å². The topological polar surface area (TPSA) is 26.9 Å². The lowest BCUT2D eigenvalue weighted by Crippen LogP contribution is -2.20. The maximum atomic E-state index is 13.1. The first-order valence-corrected chi connectivity index (χ1v) is 8.54. The van der Waals surface area contributed by atoms with Gasteiger partial charge < -0.3 is 4.57 Å². The van der Waals surface area contributed by atoms with Crippen LogP contribution in [-0.4, -0.2) is 9.13 Å². The van der Waals surface area contributed by atoms with Gasteiger partial charge in [-0.2, -0.15) is 0 Å². The molecule has 0 saturated heterocycles. The standard InChI is InChI=1S/C22H22N2O/c1-13-6-7-20-18(11-13)19-12-17(16-9-14(2)8-15(3)10-16)22(25)24(5)21(19)23(20)4/h6-12H,1-5H3. The Balaban J connectivity index is 2.17. The van der Waals surface area contributed by atoms with E-state index in [-0.39, 0.29) is 5.56 Å². The predicted octanol–water partition coefficient (Wildman–Crippen LogP) is 4.62. The van der Waals surface area contributed by atoms with Crippen molar-refractivity contribution in [1.29, 1.82) is 0 Å². The van der Waals surface area contributed by atoms with E-state index in [1.807, 2.05) is 14.1 Å². The highest BCUT2D eigenvalue weighted by Gasteiger charge is 2.16. The van der Waals surface area contributed by atoms with Gasteiger partial charge in [-0.1, -0.05) is 41.0 Å². The molecule has 2 heterocycles. The normalized spacial score (nSPS) is 11.6. The molecular formula is C22H22N2O. The number of rotatable bonds is 1. The molecule has 3 heteroatoms. The number of pyridine rings is 1. The quantitative estimate of drug-likeness (QED) is 0.500. The van der Waals surface area contributed by atoms with Crippen LogP contribution in [0, 0.1) is 20.8 Å². The number of fused-ring (bicyclic) bond motifs is 3. The number of nitrogens with zero attached hydrogens (tertiary/aromatic N) is 2. The van der Waals surface area contributed by atoms with Gasteiger partial charge in [0.2, 0.25) is 0 Å². The summed E-state index contributed by atoms with van der Waals surface area (Å²) in [6.07, 6.45) is 0. The molecule has 0 amide bonds. The summed E-state index contributed by atoms with van der Waals surface area (Å²) in [6, 6.07) is 14.8. The Labute approximate surface area is 147 Å². The molecule has 0 bridgehead atoms. The summed E-state index contributed by atoms with van der Waals surface area (Å²) >= 11 is 0. The van der Waals surface area contributed by atoms with Crippen LogP contribution >= 0.6 is 0 Å². The molecule has 0 fully saturated rings. The Hall–Kier alpha value is -2.81. The molecule has 25 heavy (non-hydrogen) atoms. The van der Waals surface area contributed by atoms with E-state index in [0.29, 0.717) is 0 Å². The van der Waals surface area contributed by atoms with Crippen molar-refractivity contribution in [1.82, 2.24) is 9.13 Å². The molecule has 2 aromatic carbocycles. The van der Waals surface area contributed by atoms with E-state index in [2.05, 4.69) is 67.8 Å². The molecule has 4 aromatic rings. The van der Waals surface area contributed by atoms with Crippen molar-refractivity contribution in [3.63, 3.8) is 0 Å². The average Bonchev–Trinajstić information content (AvgIpc) is 2.82. The Morgan fingerprint density at radius 3 is 2.08 bits per heavy atom. The average molecular weight is 330 g/mol. The van der Waals surface area contributed by atoms with Crippen LogP contribution < -0.4 is 5.56 Å². The summed E-state index contributed by atoms with van der Waals surface area (Å²) in [5, 5.41) is 2.32. The summed E-state index contributed by atoms with van der Waals surface area (Å²) in [5.41, 5.74) is 7.46. The van der Waals surface area contributed by atoms with Crippen molar-refractivity contribution in [2.24, 2.45) is 14.1 Å². The van der Waals surface area contributed by atoms with Crippen molar-refractivity contribution < 1.29 is 0 Å². The fraction of sp³-hybridized carbons (Fsp3) is 0.227. The molecule has 0 aliphatic carbocycles. The second-order valence-corrected chi connectivity index (χ2v) is 7.12. The molecule has 0 aliphatic rings. The predicted molar refractivity (Wildman–Crippen MR) is 105 cm³/mol. The number of hydrogen-bond donors (Lipinski definition) is 0. The van der Waals surface area contributed by atoms with E-state index >= 15 is 0 Å². The Bertz CT molecular complexity index is 1190. The first kappa shape index (κ1) is 15.7. The summed E-state index contributed by atoms with van der Waals surface area (Å²) in [5.74, 6) is 0. The van der Waals surface area contributed by atoms with Gasteiger partial charge in [-0.25, -0.2) is 0 Å². The van der Waals surface area contributed by atoms with Gasteiger partial charge in [0.05, 0.1) is 5.52 Å². The highest BCUT2D eigenvalue weighted by Crippen LogP contribution is 2.31. The molecule has 0 spiro atoms. The lowest BCUT2D eigenvalue weighted by molar-refractivity contribution is 0.846. The van der Waals surface area contributed by atoms with Crippen molar-refractivity contribution in [2.75, 3.05) is 0 Å². The van der Waals surface area contributed by atoms with Crippen LogP contribution in [0.25, 0.3) is 33.1 Å². The van der Waals surface area contributed by atoms with Gasteiger partial charge in [-0.05, 0) is 44.5 Å². The van der Waals surface area contributed by atoms with Crippen LogP contribution in [0.2, 0.25) is 0 Å². The number of benzene rings is 2. The molecule has 2 aromatic heterocycles.